The molecule has 0 spiro atoms. The lowest BCUT2D eigenvalue weighted by Gasteiger charge is -2.39. The van der Waals surface area contributed by atoms with Crippen LogP contribution in [0.15, 0.2) is 70.5 Å². The summed E-state index contributed by atoms with van der Waals surface area (Å²) in [4.78, 5) is 16.1. The van der Waals surface area contributed by atoms with Crippen molar-refractivity contribution in [3.05, 3.63) is 81.5 Å². The highest BCUT2D eigenvalue weighted by Crippen LogP contribution is 2.45. The van der Waals surface area contributed by atoms with Crippen LogP contribution in [0.5, 0.6) is 5.75 Å². The summed E-state index contributed by atoms with van der Waals surface area (Å²) in [6.07, 6.45) is -1.59. The van der Waals surface area contributed by atoms with E-state index in [-0.39, 0.29) is 16.3 Å². The molecule has 1 N–H and O–H groups in total. The van der Waals surface area contributed by atoms with Gasteiger partial charge in [-0.3, -0.25) is 9.78 Å². The van der Waals surface area contributed by atoms with E-state index in [0.717, 1.165) is 11.1 Å². The first kappa shape index (κ1) is 24.9. The predicted molar refractivity (Wildman–Crippen MR) is 131 cm³/mol. The van der Waals surface area contributed by atoms with E-state index in [9.17, 15) is 23.1 Å². The first-order valence-corrected chi connectivity index (χ1v) is 11.8. The molecule has 0 aliphatic carbocycles. The van der Waals surface area contributed by atoms with Gasteiger partial charge < -0.3 is 14.4 Å². The summed E-state index contributed by atoms with van der Waals surface area (Å²) in [5.74, 6) is 0.443. The summed E-state index contributed by atoms with van der Waals surface area (Å²) in [6, 6.07) is 9.99. The zero-order chi connectivity index (χ0) is 25.4. The third-order valence-electron chi connectivity index (χ3n) is 6.26. The molecule has 0 aliphatic heterocycles. The Balaban J connectivity index is 1.77. The average molecular weight is 503 g/mol. The smallest absolute Gasteiger partial charge is 0.418 e. The SMILES string of the molecule is COc1ccc(-c2ccsc2)cc1C(C)(C)CC(O)(Cn1ccc(=O)c2cnccc21)C(F)(F)F. The number of fused-ring (bicyclic) bond motifs is 1. The molecule has 5 nitrogen and oxygen atoms in total. The van der Waals surface area contributed by atoms with Gasteiger partial charge in [-0.25, -0.2) is 0 Å². The van der Waals surface area contributed by atoms with Gasteiger partial charge in [0.25, 0.3) is 0 Å². The first-order chi connectivity index (χ1) is 16.4. The highest BCUT2D eigenvalue weighted by atomic mass is 32.1. The van der Waals surface area contributed by atoms with E-state index in [1.807, 2.05) is 29.0 Å². The van der Waals surface area contributed by atoms with Crippen LogP contribution in [0.3, 0.4) is 0 Å². The summed E-state index contributed by atoms with van der Waals surface area (Å²) >= 11 is 1.52. The predicted octanol–water partition coefficient (Wildman–Crippen LogP) is 5.79. The van der Waals surface area contributed by atoms with Crippen LogP contribution < -0.4 is 10.2 Å². The summed E-state index contributed by atoms with van der Waals surface area (Å²) in [5, 5.41) is 15.2. The lowest BCUT2D eigenvalue weighted by atomic mass is 9.73. The molecule has 3 aromatic heterocycles. The molecule has 0 saturated heterocycles. The van der Waals surface area contributed by atoms with Gasteiger partial charge in [0.1, 0.15) is 5.75 Å². The van der Waals surface area contributed by atoms with Crippen LogP contribution in [0, 0.1) is 0 Å². The fraction of sp³-hybridized carbons (Fsp3) is 0.308. The van der Waals surface area contributed by atoms with Gasteiger partial charge in [-0.1, -0.05) is 19.9 Å². The van der Waals surface area contributed by atoms with Gasteiger partial charge in [0.15, 0.2) is 11.0 Å². The molecule has 3 heterocycles. The Bertz CT molecular complexity index is 1400. The fourth-order valence-corrected chi connectivity index (χ4v) is 5.16. The van der Waals surface area contributed by atoms with Crippen molar-refractivity contribution in [1.29, 1.82) is 0 Å². The molecule has 35 heavy (non-hydrogen) atoms. The van der Waals surface area contributed by atoms with E-state index in [1.54, 1.807) is 19.9 Å². The Morgan fingerprint density at radius 1 is 1.11 bits per heavy atom. The van der Waals surface area contributed by atoms with Gasteiger partial charge in [-0.2, -0.15) is 24.5 Å². The van der Waals surface area contributed by atoms with Crippen LogP contribution in [-0.2, 0) is 12.0 Å². The van der Waals surface area contributed by atoms with Crippen LogP contribution in [0.4, 0.5) is 13.2 Å². The minimum absolute atomic E-state index is 0.184. The van der Waals surface area contributed by atoms with Gasteiger partial charge in [0.2, 0.25) is 0 Å². The van der Waals surface area contributed by atoms with Crippen molar-refractivity contribution >= 4 is 22.2 Å². The lowest BCUT2D eigenvalue weighted by Crippen LogP contribution is -2.52. The van der Waals surface area contributed by atoms with Crippen molar-refractivity contribution in [1.82, 2.24) is 9.55 Å². The second kappa shape index (κ2) is 9.13. The molecule has 9 heteroatoms. The lowest BCUT2D eigenvalue weighted by molar-refractivity contribution is -0.271. The van der Waals surface area contributed by atoms with E-state index in [0.29, 0.717) is 11.3 Å². The number of ether oxygens (including phenoxy) is 1. The molecule has 0 fully saturated rings. The number of hydrogen-bond donors (Lipinski definition) is 1. The van der Waals surface area contributed by atoms with Gasteiger partial charge in [-0.05, 0) is 58.0 Å². The summed E-state index contributed by atoms with van der Waals surface area (Å²) in [5.41, 5.74) is -1.94. The summed E-state index contributed by atoms with van der Waals surface area (Å²) < 4.78 is 50.0. The maximum atomic E-state index is 14.4. The van der Waals surface area contributed by atoms with E-state index >= 15 is 0 Å². The second-order valence-electron chi connectivity index (χ2n) is 9.22. The summed E-state index contributed by atoms with van der Waals surface area (Å²) in [6.45, 7) is 2.53. The zero-order valence-electron chi connectivity index (χ0n) is 19.5. The maximum absolute atomic E-state index is 14.4. The largest absolute Gasteiger partial charge is 0.496 e. The number of rotatable bonds is 7. The van der Waals surface area contributed by atoms with E-state index in [1.165, 1.54) is 53.7 Å². The van der Waals surface area contributed by atoms with Gasteiger partial charge >= 0.3 is 6.18 Å². The van der Waals surface area contributed by atoms with Crippen molar-refractivity contribution in [3.8, 4) is 16.9 Å². The number of pyridine rings is 2. The molecule has 184 valence electrons. The highest BCUT2D eigenvalue weighted by Gasteiger charge is 2.56. The normalized spacial score (nSPS) is 14.1. The fourth-order valence-electron chi connectivity index (χ4n) is 4.49. The molecule has 0 amide bonds. The van der Waals surface area contributed by atoms with Crippen molar-refractivity contribution in [2.75, 3.05) is 7.11 Å². The molecule has 4 aromatic rings. The van der Waals surface area contributed by atoms with Gasteiger partial charge in [0.05, 0.1) is 24.6 Å². The number of halogens is 3. The van der Waals surface area contributed by atoms with Crippen LogP contribution in [-0.4, -0.2) is 33.5 Å². The Morgan fingerprint density at radius 2 is 1.89 bits per heavy atom. The third kappa shape index (κ3) is 4.83. The van der Waals surface area contributed by atoms with E-state index < -0.39 is 30.2 Å². The Morgan fingerprint density at radius 3 is 2.54 bits per heavy atom. The number of nitrogens with zero attached hydrogens (tertiary/aromatic N) is 2. The van der Waals surface area contributed by atoms with Gasteiger partial charge in [0, 0.05) is 30.2 Å². The third-order valence-corrected chi connectivity index (χ3v) is 6.94. The highest BCUT2D eigenvalue weighted by molar-refractivity contribution is 7.08. The van der Waals surface area contributed by atoms with E-state index in [4.69, 9.17) is 4.74 Å². The minimum atomic E-state index is -4.94. The molecule has 0 saturated carbocycles. The number of methoxy groups -OCH3 is 1. The Hall–Kier alpha value is -3.17. The molecule has 1 unspecified atom stereocenters. The van der Waals surface area contributed by atoms with Crippen molar-refractivity contribution in [2.24, 2.45) is 0 Å². The molecular weight excluding hydrogens is 477 g/mol. The minimum Gasteiger partial charge on any atom is -0.496 e. The molecular formula is C26H25F3N2O3S. The van der Waals surface area contributed by atoms with Crippen LogP contribution in [0.2, 0.25) is 0 Å². The standard InChI is InChI=1S/C26H25F3N2O3S/c1-24(2,20-12-17(4-5-23(20)34-3)18-8-11-35-14-18)15-25(33,26(27,28)29)16-31-10-7-22(32)19-13-30-9-6-21(19)31/h4-14,33H,15-16H2,1-3H3. The zero-order valence-corrected chi connectivity index (χ0v) is 20.3. The molecule has 1 atom stereocenters. The maximum Gasteiger partial charge on any atom is 0.418 e. The van der Waals surface area contributed by atoms with Gasteiger partial charge in [-0.15, -0.1) is 0 Å². The number of hydrogen-bond acceptors (Lipinski definition) is 5. The van der Waals surface area contributed by atoms with Crippen molar-refractivity contribution in [3.63, 3.8) is 0 Å². The van der Waals surface area contributed by atoms with Crippen LogP contribution in [0.25, 0.3) is 22.0 Å². The number of aromatic nitrogens is 2. The first-order valence-electron chi connectivity index (χ1n) is 10.9. The Labute approximate surface area is 204 Å². The van der Waals surface area contributed by atoms with Crippen LogP contribution in [0.1, 0.15) is 25.8 Å². The number of aliphatic hydroxyl groups is 1. The molecule has 0 radical (unpaired) electrons. The molecule has 0 bridgehead atoms. The number of benzene rings is 1. The quantitative estimate of drug-likeness (QED) is 0.347. The number of thiophene rings is 1. The van der Waals surface area contributed by atoms with Crippen molar-refractivity contribution in [2.45, 2.75) is 44.0 Å². The Kier molecular flexibility index (Phi) is 6.50. The average Bonchev–Trinajstić information content (AvgIpc) is 3.35. The second-order valence-corrected chi connectivity index (χ2v) is 10.00. The molecule has 1 aromatic carbocycles. The van der Waals surface area contributed by atoms with Crippen LogP contribution >= 0.6 is 11.3 Å². The number of alkyl halides is 3. The topological polar surface area (TPSA) is 64.3 Å². The molecule has 0 aliphatic rings. The monoisotopic (exact) mass is 502 g/mol. The van der Waals surface area contributed by atoms with E-state index in [2.05, 4.69) is 4.98 Å². The summed E-state index contributed by atoms with van der Waals surface area (Å²) in [7, 11) is 1.47. The molecule has 4 rings (SSSR count). The van der Waals surface area contributed by atoms with Crippen molar-refractivity contribution < 1.29 is 23.0 Å².